The van der Waals surface area contributed by atoms with E-state index < -0.39 is 0 Å². The van der Waals surface area contributed by atoms with Crippen molar-refractivity contribution in [2.24, 2.45) is 0 Å². The van der Waals surface area contributed by atoms with Gasteiger partial charge in [0.05, 0.1) is 6.61 Å². The average Bonchev–Trinajstić information content (AvgIpc) is 2.39. The predicted octanol–water partition coefficient (Wildman–Crippen LogP) is 2.14. The van der Waals surface area contributed by atoms with Gasteiger partial charge < -0.3 is 15.5 Å². The van der Waals surface area contributed by atoms with Crippen molar-refractivity contribution in [1.29, 1.82) is 0 Å². The summed E-state index contributed by atoms with van der Waals surface area (Å²) in [6, 6.07) is 13.0. The molecule has 0 aliphatic carbocycles. The molecule has 92 valence electrons. The molecule has 1 amide bonds. The summed E-state index contributed by atoms with van der Waals surface area (Å²) in [7, 11) is 0. The second-order valence-corrected chi connectivity index (χ2v) is 3.86. The molecule has 0 fully saturated rings. The minimum Gasteiger partial charge on any atom is -0.508 e. The van der Waals surface area contributed by atoms with Gasteiger partial charge in [-0.25, -0.2) is 0 Å². The molecule has 0 saturated heterocycles. The molecular weight excluding hydrogens is 230 g/mol. The van der Waals surface area contributed by atoms with Crippen molar-refractivity contribution in [2.45, 2.75) is 6.61 Å². The molecule has 0 atom stereocenters. The minimum absolute atomic E-state index is 0.0270. The van der Waals surface area contributed by atoms with Gasteiger partial charge in [-0.1, -0.05) is 18.2 Å². The van der Waals surface area contributed by atoms with E-state index >= 15 is 0 Å². The Kier molecular flexibility index (Phi) is 3.60. The molecule has 0 unspecified atom stereocenters. The monoisotopic (exact) mass is 243 g/mol. The first-order valence-corrected chi connectivity index (χ1v) is 5.49. The molecule has 2 rings (SSSR count). The van der Waals surface area contributed by atoms with Crippen LogP contribution in [0.25, 0.3) is 0 Å². The smallest absolute Gasteiger partial charge is 0.255 e. The van der Waals surface area contributed by atoms with Crippen LogP contribution < -0.4 is 5.32 Å². The lowest BCUT2D eigenvalue weighted by molar-refractivity contribution is 0.102. The molecule has 2 aromatic rings. The van der Waals surface area contributed by atoms with Gasteiger partial charge in [-0.3, -0.25) is 4.79 Å². The molecule has 4 nitrogen and oxygen atoms in total. The molecule has 0 aliphatic rings. The highest BCUT2D eigenvalue weighted by Gasteiger charge is 2.06. The maximum absolute atomic E-state index is 11.8. The minimum atomic E-state index is -0.289. The van der Waals surface area contributed by atoms with Gasteiger partial charge in [-0.2, -0.15) is 0 Å². The Bertz CT molecular complexity index is 549. The van der Waals surface area contributed by atoms with Gasteiger partial charge in [-0.05, 0) is 35.9 Å². The molecule has 4 heteroatoms. The van der Waals surface area contributed by atoms with Crippen LogP contribution in [-0.4, -0.2) is 16.1 Å². The molecule has 0 radical (unpaired) electrons. The lowest BCUT2D eigenvalue weighted by atomic mass is 10.2. The molecule has 0 aromatic heterocycles. The topological polar surface area (TPSA) is 69.6 Å². The van der Waals surface area contributed by atoms with E-state index in [-0.39, 0.29) is 18.3 Å². The number of phenolic OH excluding ortho intramolecular Hbond substituents is 1. The summed E-state index contributed by atoms with van der Waals surface area (Å²) >= 11 is 0. The van der Waals surface area contributed by atoms with E-state index in [0.29, 0.717) is 11.3 Å². The summed E-state index contributed by atoms with van der Waals surface area (Å²) in [5.74, 6) is -0.235. The number of carbonyl (C=O) groups excluding carboxylic acids is 1. The van der Waals surface area contributed by atoms with Crippen molar-refractivity contribution in [1.82, 2.24) is 0 Å². The van der Waals surface area contributed by atoms with Crippen molar-refractivity contribution in [3.63, 3.8) is 0 Å². The van der Waals surface area contributed by atoms with Crippen LogP contribution in [0.5, 0.6) is 5.75 Å². The van der Waals surface area contributed by atoms with E-state index in [1.165, 1.54) is 12.1 Å². The Hall–Kier alpha value is -2.33. The van der Waals surface area contributed by atoms with Crippen LogP contribution >= 0.6 is 0 Å². The largest absolute Gasteiger partial charge is 0.508 e. The Labute approximate surface area is 105 Å². The van der Waals surface area contributed by atoms with E-state index in [0.717, 1.165) is 5.56 Å². The van der Waals surface area contributed by atoms with Crippen molar-refractivity contribution in [2.75, 3.05) is 5.32 Å². The quantitative estimate of drug-likeness (QED) is 0.773. The molecular formula is C14H13NO3. The number of aromatic hydroxyl groups is 1. The van der Waals surface area contributed by atoms with Gasteiger partial charge in [0.15, 0.2) is 0 Å². The number of carbonyl (C=O) groups is 1. The summed E-state index contributed by atoms with van der Waals surface area (Å²) in [4.78, 5) is 11.8. The van der Waals surface area contributed by atoms with E-state index in [2.05, 4.69) is 5.32 Å². The third-order valence-electron chi connectivity index (χ3n) is 2.50. The fourth-order valence-corrected chi connectivity index (χ4v) is 1.54. The Morgan fingerprint density at radius 3 is 2.44 bits per heavy atom. The zero-order valence-electron chi connectivity index (χ0n) is 9.63. The summed E-state index contributed by atoms with van der Waals surface area (Å²) in [5.41, 5.74) is 1.81. The fourth-order valence-electron chi connectivity index (χ4n) is 1.54. The van der Waals surface area contributed by atoms with Gasteiger partial charge in [0, 0.05) is 11.3 Å². The number of rotatable bonds is 3. The number of anilines is 1. The van der Waals surface area contributed by atoms with Gasteiger partial charge in [0.1, 0.15) is 5.75 Å². The van der Waals surface area contributed by atoms with Crippen molar-refractivity contribution >= 4 is 11.6 Å². The number of amides is 1. The van der Waals surface area contributed by atoms with Crippen LogP contribution in [0, 0.1) is 0 Å². The van der Waals surface area contributed by atoms with E-state index in [1.54, 1.807) is 36.4 Å². The summed E-state index contributed by atoms with van der Waals surface area (Å²) < 4.78 is 0. The Morgan fingerprint density at radius 2 is 1.83 bits per heavy atom. The normalized spacial score (nSPS) is 10.1. The first-order chi connectivity index (χ1) is 8.69. The highest BCUT2D eigenvalue weighted by molar-refractivity contribution is 6.04. The number of phenols is 1. The van der Waals surface area contributed by atoms with Crippen LogP contribution in [0.15, 0.2) is 48.5 Å². The van der Waals surface area contributed by atoms with Crippen LogP contribution in [0.1, 0.15) is 15.9 Å². The number of aliphatic hydroxyl groups is 1. The SMILES string of the molecule is O=C(Nc1ccc(CO)cc1)c1cccc(O)c1. The summed E-state index contributed by atoms with van der Waals surface area (Å²) in [6.45, 7) is -0.0270. The number of hydrogen-bond donors (Lipinski definition) is 3. The van der Waals surface area contributed by atoms with Gasteiger partial charge >= 0.3 is 0 Å². The standard InChI is InChI=1S/C14H13NO3/c16-9-10-4-6-12(7-5-10)15-14(18)11-2-1-3-13(17)8-11/h1-8,16-17H,9H2,(H,15,18). The van der Waals surface area contributed by atoms with E-state index in [9.17, 15) is 9.90 Å². The lowest BCUT2D eigenvalue weighted by Crippen LogP contribution is -2.11. The summed E-state index contributed by atoms with van der Waals surface area (Å²) in [5, 5.41) is 20.9. The maximum atomic E-state index is 11.8. The van der Waals surface area contributed by atoms with Crippen LogP contribution in [0.2, 0.25) is 0 Å². The second-order valence-electron chi connectivity index (χ2n) is 3.86. The molecule has 0 bridgehead atoms. The molecule has 0 saturated carbocycles. The Balaban J connectivity index is 2.11. The van der Waals surface area contributed by atoms with Crippen LogP contribution in [-0.2, 0) is 6.61 Å². The van der Waals surface area contributed by atoms with Crippen LogP contribution in [0.3, 0.4) is 0 Å². The molecule has 0 aliphatic heterocycles. The first kappa shape index (κ1) is 12.1. The van der Waals surface area contributed by atoms with Crippen molar-refractivity contribution < 1.29 is 15.0 Å². The summed E-state index contributed by atoms with van der Waals surface area (Å²) in [6.07, 6.45) is 0. The zero-order chi connectivity index (χ0) is 13.0. The van der Waals surface area contributed by atoms with E-state index in [4.69, 9.17) is 5.11 Å². The van der Waals surface area contributed by atoms with Gasteiger partial charge in [0.25, 0.3) is 5.91 Å². The van der Waals surface area contributed by atoms with Gasteiger partial charge in [-0.15, -0.1) is 0 Å². The highest BCUT2D eigenvalue weighted by Crippen LogP contribution is 2.14. The first-order valence-electron chi connectivity index (χ1n) is 5.49. The average molecular weight is 243 g/mol. The molecule has 0 spiro atoms. The lowest BCUT2D eigenvalue weighted by Gasteiger charge is -2.06. The van der Waals surface area contributed by atoms with Crippen molar-refractivity contribution in [3.05, 3.63) is 59.7 Å². The van der Waals surface area contributed by atoms with E-state index in [1.807, 2.05) is 0 Å². The third kappa shape index (κ3) is 2.87. The highest BCUT2D eigenvalue weighted by atomic mass is 16.3. The molecule has 18 heavy (non-hydrogen) atoms. The van der Waals surface area contributed by atoms with Crippen molar-refractivity contribution in [3.8, 4) is 5.75 Å². The second kappa shape index (κ2) is 5.33. The number of nitrogens with one attached hydrogen (secondary N) is 1. The predicted molar refractivity (Wildman–Crippen MR) is 68.4 cm³/mol. The van der Waals surface area contributed by atoms with Crippen LogP contribution in [0.4, 0.5) is 5.69 Å². The molecule has 0 heterocycles. The van der Waals surface area contributed by atoms with Gasteiger partial charge in [0.2, 0.25) is 0 Å². The Morgan fingerprint density at radius 1 is 1.11 bits per heavy atom. The maximum Gasteiger partial charge on any atom is 0.255 e. The number of benzene rings is 2. The number of hydrogen-bond acceptors (Lipinski definition) is 3. The number of aliphatic hydroxyl groups excluding tert-OH is 1. The zero-order valence-corrected chi connectivity index (χ0v) is 9.63. The molecule has 2 aromatic carbocycles. The molecule has 3 N–H and O–H groups in total. The third-order valence-corrected chi connectivity index (χ3v) is 2.50. The fraction of sp³-hybridized carbons (Fsp3) is 0.0714.